The van der Waals surface area contributed by atoms with Gasteiger partial charge in [-0.1, -0.05) is 0 Å². The molecule has 0 heterocycles. The fraction of sp³-hybridized carbons (Fsp3) is 0.182. The molecular formula is C11H8N2O5. The van der Waals surface area contributed by atoms with Gasteiger partial charge in [0.15, 0.2) is 6.29 Å². The lowest BCUT2D eigenvalue weighted by Gasteiger charge is -2.06. The first-order valence-corrected chi connectivity index (χ1v) is 4.90. The number of carbonyl (C=O) groups is 2. The quantitative estimate of drug-likeness (QED) is 0.345. The van der Waals surface area contributed by atoms with Gasteiger partial charge in [0.2, 0.25) is 0 Å². The predicted molar refractivity (Wildman–Crippen MR) is 59.2 cm³/mol. The van der Waals surface area contributed by atoms with E-state index in [2.05, 4.69) is 4.74 Å². The van der Waals surface area contributed by atoms with E-state index in [1.807, 2.05) is 0 Å². The predicted octanol–water partition coefficient (Wildman–Crippen LogP) is 1.46. The molecule has 7 heteroatoms. The van der Waals surface area contributed by atoms with Crippen molar-refractivity contribution in [3.63, 3.8) is 0 Å². The van der Waals surface area contributed by atoms with Crippen LogP contribution in [0.3, 0.4) is 0 Å². The lowest BCUT2D eigenvalue weighted by molar-refractivity contribution is -0.385. The second-order valence-corrected chi connectivity index (χ2v) is 3.13. The van der Waals surface area contributed by atoms with Crippen molar-refractivity contribution in [2.45, 2.75) is 6.92 Å². The molecule has 0 N–H and O–H groups in total. The third kappa shape index (κ3) is 2.32. The van der Waals surface area contributed by atoms with Crippen molar-refractivity contribution in [1.29, 1.82) is 5.26 Å². The van der Waals surface area contributed by atoms with Gasteiger partial charge in [0.1, 0.15) is 11.6 Å². The lowest BCUT2D eigenvalue weighted by Crippen LogP contribution is -2.12. The molecule has 0 atom stereocenters. The first kappa shape index (κ1) is 13.3. The van der Waals surface area contributed by atoms with E-state index in [4.69, 9.17) is 5.26 Å². The van der Waals surface area contributed by atoms with Crippen LogP contribution in [0.2, 0.25) is 0 Å². The Balaban J connectivity index is 3.57. The molecule has 0 bridgehead atoms. The molecule has 0 aliphatic carbocycles. The molecule has 18 heavy (non-hydrogen) atoms. The average molecular weight is 248 g/mol. The monoisotopic (exact) mass is 248 g/mol. The molecule has 0 aliphatic rings. The van der Waals surface area contributed by atoms with Gasteiger partial charge in [0.25, 0.3) is 5.69 Å². The van der Waals surface area contributed by atoms with Gasteiger partial charge >= 0.3 is 5.97 Å². The summed E-state index contributed by atoms with van der Waals surface area (Å²) in [5, 5.41) is 19.6. The molecule has 92 valence electrons. The highest BCUT2D eigenvalue weighted by atomic mass is 16.6. The number of nitro benzene ring substituents is 1. The van der Waals surface area contributed by atoms with E-state index in [0.717, 1.165) is 12.1 Å². The Kier molecular flexibility index (Phi) is 4.10. The SMILES string of the molecule is CCOC(=O)c1c(C#N)ccc([N+](=O)[O-])c1C=O. The fourth-order valence-corrected chi connectivity index (χ4v) is 1.40. The second-order valence-electron chi connectivity index (χ2n) is 3.13. The smallest absolute Gasteiger partial charge is 0.340 e. The van der Waals surface area contributed by atoms with Crippen LogP contribution in [0.1, 0.15) is 33.2 Å². The van der Waals surface area contributed by atoms with Crippen LogP contribution < -0.4 is 0 Å². The zero-order valence-electron chi connectivity index (χ0n) is 9.37. The van der Waals surface area contributed by atoms with Crippen LogP contribution in [0.25, 0.3) is 0 Å². The Hall–Kier alpha value is -2.75. The Morgan fingerprint density at radius 1 is 1.61 bits per heavy atom. The summed E-state index contributed by atoms with van der Waals surface area (Å²) in [5.41, 5.74) is -1.49. The van der Waals surface area contributed by atoms with E-state index in [1.54, 1.807) is 13.0 Å². The number of esters is 1. The maximum atomic E-state index is 11.6. The molecule has 1 aromatic rings. The zero-order valence-corrected chi connectivity index (χ0v) is 9.37. The molecule has 0 saturated carbocycles. The second kappa shape index (κ2) is 5.54. The van der Waals surface area contributed by atoms with Gasteiger partial charge in [-0.05, 0) is 13.0 Å². The van der Waals surface area contributed by atoms with Gasteiger partial charge in [-0.3, -0.25) is 14.9 Å². The molecule has 0 aliphatic heterocycles. The van der Waals surface area contributed by atoms with Gasteiger partial charge in [0, 0.05) is 6.07 Å². The largest absolute Gasteiger partial charge is 0.462 e. The number of rotatable bonds is 4. The number of nitrogens with zero attached hydrogens (tertiary/aromatic N) is 2. The van der Waals surface area contributed by atoms with Crippen molar-refractivity contribution in [3.8, 4) is 6.07 Å². The normalized spacial score (nSPS) is 9.33. The van der Waals surface area contributed by atoms with Gasteiger partial charge < -0.3 is 4.74 Å². The van der Waals surface area contributed by atoms with E-state index in [-0.39, 0.29) is 24.0 Å². The van der Waals surface area contributed by atoms with Crippen molar-refractivity contribution in [2.75, 3.05) is 6.61 Å². The summed E-state index contributed by atoms with van der Waals surface area (Å²) < 4.78 is 4.68. The van der Waals surface area contributed by atoms with Crippen molar-refractivity contribution in [3.05, 3.63) is 38.9 Å². The summed E-state index contributed by atoms with van der Waals surface area (Å²) in [6.45, 7) is 1.58. The maximum Gasteiger partial charge on any atom is 0.340 e. The van der Waals surface area contributed by atoms with Crippen molar-refractivity contribution >= 4 is 17.9 Å². The Morgan fingerprint density at radius 2 is 2.28 bits per heavy atom. The Bertz CT molecular complexity index is 559. The molecular weight excluding hydrogens is 240 g/mol. The number of carbonyl (C=O) groups excluding carboxylic acids is 2. The Morgan fingerprint density at radius 3 is 2.72 bits per heavy atom. The van der Waals surface area contributed by atoms with E-state index in [1.165, 1.54) is 0 Å². The van der Waals surface area contributed by atoms with Gasteiger partial charge in [-0.25, -0.2) is 4.79 Å². The number of aldehydes is 1. The molecule has 0 radical (unpaired) electrons. The number of nitriles is 1. The number of benzene rings is 1. The first-order chi connectivity index (χ1) is 8.56. The minimum Gasteiger partial charge on any atom is -0.462 e. The molecule has 0 fully saturated rings. The number of hydrogen-bond donors (Lipinski definition) is 0. The summed E-state index contributed by atoms with van der Waals surface area (Å²) in [6, 6.07) is 3.81. The summed E-state index contributed by atoms with van der Waals surface area (Å²) in [5.74, 6) is -0.931. The fourth-order valence-electron chi connectivity index (χ4n) is 1.40. The van der Waals surface area contributed by atoms with Gasteiger partial charge in [-0.2, -0.15) is 5.26 Å². The summed E-state index contributed by atoms with van der Waals surface area (Å²) in [7, 11) is 0. The highest BCUT2D eigenvalue weighted by Crippen LogP contribution is 2.24. The third-order valence-electron chi connectivity index (χ3n) is 2.14. The minimum atomic E-state index is -0.931. The van der Waals surface area contributed by atoms with Crippen LogP contribution in [-0.2, 0) is 4.74 Å². The van der Waals surface area contributed by atoms with E-state index in [9.17, 15) is 19.7 Å². The van der Waals surface area contributed by atoms with E-state index >= 15 is 0 Å². The van der Waals surface area contributed by atoms with Crippen LogP contribution in [0.5, 0.6) is 0 Å². The summed E-state index contributed by atoms with van der Waals surface area (Å²) in [4.78, 5) is 32.5. The lowest BCUT2D eigenvalue weighted by atomic mass is 10.0. The number of hydrogen-bond acceptors (Lipinski definition) is 6. The molecule has 1 aromatic carbocycles. The van der Waals surface area contributed by atoms with Crippen LogP contribution in [0.4, 0.5) is 5.69 Å². The van der Waals surface area contributed by atoms with E-state index < -0.39 is 22.1 Å². The van der Waals surface area contributed by atoms with Crippen LogP contribution in [0, 0.1) is 21.4 Å². The Labute approximate surface area is 102 Å². The molecule has 0 amide bonds. The van der Waals surface area contributed by atoms with Crippen molar-refractivity contribution < 1.29 is 19.2 Å². The van der Waals surface area contributed by atoms with Crippen molar-refractivity contribution in [1.82, 2.24) is 0 Å². The molecule has 1 rings (SSSR count). The maximum absolute atomic E-state index is 11.6. The van der Waals surface area contributed by atoms with Crippen LogP contribution in [0.15, 0.2) is 12.1 Å². The third-order valence-corrected chi connectivity index (χ3v) is 2.14. The molecule has 0 spiro atoms. The molecule has 0 saturated heterocycles. The standard InChI is InChI=1S/C11H8N2O5/c1-2-18-11(15)10-7(5-12)3-4-9(13(16)17)8(10)6-14/h3-4,6H,2H2,1H3. The summed E-state index contributed by atoms with van der Waals surface area (Å²) >= 11 is 0. The number of nitro groups is 1. The average Bonchev–Trinajstić information content (AvgIpc) is 2.36. The molecule has 0 unspecified atom stereocenters. The minimum absolute atomic E-state index is 0.0324. The first-order valence-electron chi connectivity index (χ1n) is 4.90. The highest BCUT2D eigenvalue weighted by molar-refractivity contribution is 6.02. The zero-order chi connectivity index (χ0) is 13.7. The number of ether oxygens (including phenoxy) is 1. The van der Waals surface area contributed by atoms with Crippen LogP contribution in [-0.4, -0.2) is 23.8 Å². The van der Waals surface area contributed by atoms with Crippen molar-refractivity contribution in [2.24, 2.45) is 0 Å². The van der Waals surface area contributed by atoms with Crippen LogP contribution >= 0.6 is 0 Å². The summed E-state index contributed by atoms with van der Waals surface area (Å²) in [6.07, 6.45) is 0.172. The molecule has 0 aromatic heterocycles. The van der Waals surface area contributed by atoms with Gasteiger partial charge in [-0.15, -0.1) is 0 Å². The topological polar surface area (TPSA) is 110 Å². The van der Waals surface area contributed by atoms with Gasteiger partial charge in [0.05, 0.1) is 22.7 Å². The van der Waals surface area contributed by atoms with E-state index in [0.29, 0.717) is 0 Å². The molecule has 7 nitrogen and oxygen atoms in total. The highest BCUT2D eigenvalue weighted by Gasteiger charge is 2.25.